The van der Waals surface area contributed by atoms with Crippen molar-refractivity contribution in [3.8, 4) is 0 Å². The van der Waals surface area contributed by atoms with Gasteiger partial charge in [0.15, 0.2) is 0 Å². The molecule has 88 valence electrons. The van der Waals surface area contributed by atoms with E-state index < -0.39 is 7.12 Å². The van der Waals surface area contributed by atoms with Crippen molar-refractivity contribution in [2.45, 2.75) is 38.0 Å². The number of hydrogen-bond acceptors (Lipinski definition) is 5. The molecule has 1 rings (SSSR count). The van der Waals surface area contributed by atoms with E-state index in [4.69, 9.17) is 21.6 Å². The number of hydrogen-bond donors (Lipinski definition) is 4. The van der Waals surface area contributed by atoms with E-state index in [-0.39, 0.29) is 6.04 Å². The fourth-order valence-electron chi connectivity index (χ4n) is 2.11. The Morgan fingerprint density at radius 2 is 2.13 bits per heavy atom. The molecule has 1 aliphatic heterocycles. The Balaban J connectivity index is 2.05. The Bertz CT molecular complexity index is 183. The first-order chi connectivity index (χ1) is 7.09. The number of nitrogens with zero attached hydrogens (tertiary/aromatic N) is 1. The summed E-state index contributed by atoms with van der Waals surface area (Å²) in [5.41, 5.74) is 6.05. The first kappa shape index (κ1) is 12.9. The minimum absolute atomic E-state index is 0.203. The zero-order valence-electron chi connectivity index (χ0n) is 9.18. The molecule has 1 aliphatic rings. The van der Waals surface area contributed by atoms with Crippen LogP contribution in [0.3, 0.4) is 0 Å². The zero-order valence-corrected chi connectivity index (χ0v) is 9.18. The lowest BCUT2D eigenvalue weighted by atomic mass is 9.82. The summed E-state index contributed by atoms with van der Waals surface area (Å²) in [4.78, 5) is 0. The average Bonchev–Trinajstić information content (AvgIpc) is 2.59. The van der Waals surface area contributed by atoms with E-state index in [9.17, 15) is 0 Å². The highest BCUT2D eigenvalue weighted by atomic mass is 16.4. The fourth-order valence-corrected chi connectivity index (χ4v) is 2.11. The molecule has 6 N–H and O–H groups in total. The van der Waals surface area contributed by atoms with Gasteiger partial charge in [-0.05, 0) is 25.1 Å². The van der Waals surface area contributed by atoms with E-state index in [0.717, 1.165) is 38.8 Å². The van der Waals surface area contributed by atoms with Crippen LogP contribution in [-0.2, 0) is 0 Å². The average molecular weight is 215 g/mol. The van der Waals surface area contributed by atoms with E-state index in [1.54, 1.807) is 0 Å². The molecule has 0 aromatic heterocycles. The molecule has 1 saturated heterocycles. The molecule has 0 radical (unpaired) electrons. The quantitative estimate of drug-likeness (QED) is 0.263. The minimum atomic E-state index is -1.17. The van der Waals surface area contributed by atoms with Gasteiger partial charge < -0.3 is 15.8 Å². The molecule has 5 nitrogen and oxygen atoms in total. The van der Waals surface area contributed by atoms with Crippen LogP contribution in [0.5, 0.6) is 0 Å². The first-order valence-corrected chi connectivity index (χ1v) is 5.71. The van der Waals surface area contributed by atoms with Gasteiger partial charge in [-0.25, -0.2) is 5.01 Å². The summed E-state index contributed by atoms with van der Waals surface area (Å²) in [6, 6.07) is 0.203. The molecule has 0 bridgehead atoms. The molecule has 0 saturated carbocycles. The molecule has 6 heteroatoms. The summed E-state index contributed by atoms with van der Waals surface area (Å²) in [7, 11) is -1.17. The van der Waals surface area contributed by atoms with Gasteiger partial charge >= 0.3 is 7.12 Å². The van der Waals surface area contributed by atoms with Crippen LogP contribution in [0.4, 0.5) is 0 Å². The third-order valence-corrected chi connectivity index (χ3v) is 3.11. The highest BCUT2D eigenvalue weighted by Gasteiger charge is 2.25. The van der Waals surface area contributed by atoms with Crippen LogP contribution >= 0.6 is 0 Å². The normalized spacial score (nSPS) is 24.4. The van der Waals surface area contributed by atoms with Crippen molar-refractivity contribution in [2.75, 3.05) is 13.1 Å². The molecule has 1 fully saturated rings. The monoisotopic (exact) mass is 215 g/mol. The van der Waals surface area contributed by atoms with Gasteiger partial charge in [-0.3, -0.25) is 5.84 Å². The molecule has 1 heterocycles. The number of rotatable bonds is 6. The van der Waals surface area contributed by atoms with Gasteiger partial charge in [0.1, 0.15) is 0 Å². The van der Waals surface area contributed by atoms with E-state index >= 15 is 0 Å². The third kappa shape index (κ3) is 4.95. The van der Waals surface area contributed by atoms with Crippen LogP contribution in [0.2, 0.25) is 6.32 Å². The highest BCUT2D eigenvalue weighted by molar-refractivity contribution is 6.40. The van der Waals surface area contributed by atoms with E-state index in [0.29, 0.717) is 12.2 Å². The van der Waals surface area contributed by atoms with Crippen LogP contribution in [0, 0.1) is 5.92 Å². The van der Waals surface area contributed by atoms with Gasteiger partial charge in [0.25, 0.3) is 0 Å². The molecule has 1 unspecified atom stereocenters. The van der Waals surface area contributed by atoms with Crippen LogP contribution < -0.4 is 11.6 Å². The van der Waals surface area contributed by atoms with Crippen LogP contribution in [0.25, 0.3) is 0 Å². The maximum atomic E-state index is 8.66. The Morgan fingerprint density at radius 3 is 2.67 bits per heavy atom. The lowest BCUT2D eigenvalue weighted by molar-refractivity contribution is 0.317. The maximum absolute atomic E-state index is 8.66. The Labute approximate surface area is 91.5 Å². The lowest BCUT2D eigenvalue weighted by Gasteiger charge is -2.18. The Kier molecular flexibility index (Phi) is 5.56. The predicted octanol–water partition coefficient (Wildman–Crippen LogP) is -0.848. The lowest BCUT2D eigenvalue weighted by Crippen LogP contribution is -2.34. The number of unbranched alkanes of at least 4 members (excludes halogenated alkanes) is 1. The maximum Gasteiger partial charge on any atom is 0.451 e. The zero-order chi connectivity index (χ0) is 11.3. The summed E-state index contributed by atoms with van der Waals surface area (Å²) in [6.45, 7) is 1.83. The number of nitrogens with two attached hydrogens (primary N) is 2. The molecule has 0 aromatic rings. The second-order valence-corrected chi connectivity index (χ2v) is 4.47. The second kappa shape index (κ2) is 6.45. The summed E-state index contributed by atoms with van der Waals surface area (Å²) in [5.74, 6) is 6.18. The molecular weight excluding hydrogens is 193 g/mol. The van der Waals surface area contributed by atoms with Crippen LogP contribution in [-0.4, -0.2) is 41.3 Å². The van der Waals surface area contributed by atoms with Crippen LogP contribution in [0.1, 0.15) is 25.7 Å². The van der Waals surface area contributed by atoms with Gasteiger partial charge in [0.05, 0.1) is 0 Å². The molecule has 0 amide bonds. The van der Waals surface area contributed by atoms with Crippen LogP contribution in [0.15, 0.2) is 0 Å². The van der Waals surface area contributed by atoms with Gasteiger partial charge in [-0.15, -0.1) is 0 Å². The highest BCUT2D eigenvalue weighted by Crippen LogP contribution is 2.19. The topological polar surface area (TPSA) is 95.7 Å². The second-order valence-electron chi connectivity index (χ2n) is 4.47. The molecule has 0 spiro atoms. The molecule has 0 aliphatic carbocycles. The molecule has 0 aromatic carbocycles. The summed E-state index contributed by atoms with van der Waals surface area (Å²) in [6.07, 6.45) is 4.26. The van der Waals surface area contributed by atoms with Crippen molar-refractivity contribution in [1.82, 2.24) is 5.01 Å². The smallest absolute Gasteiger partial charge is 0.427 e. The summed E-state index contributed by atoms with van der Waals surface area (Å²) in [5, 5.41) is 19.2. The fraction of sp³-hybridized carbons (Fsp3) is 1.00. The third-order valence-electron chi connectivity index (χ3n) is 3.11. The van der Waals surface area contributed by atoms with Crippen molar-refractivity contribution in [1.29, 1.82) is 0 Å². The molecule has 15 heavy (non-hydrogen) atoms. The Morgan fingerprint density at radius 1 is 1.40 bits per heavy atom. The SMILES string of the molecule is NC(CCCCB(O)O)[C@@H]1CCN(N)C1. The number of hydrazine groups is 1. The minimum Gasteiger partial charge on any atom is -0.427 e. The van der Waals surface area contributed by atoms with Crippen molar-refractivity contribution < 1.29 is 10.0 Å². The summed E-state index contributed by atoms with van der Waals surface area (Å²) < 4.78 is 0. The van der Waals surface area contributed by atoms with E-state index in [1.165, 1.54) is 0 Å². The van der Waals surface area contributed by atoms with E-state index in [2.05, 4.69) is 0 Å². The van der Waals surface area contributed by atoms with Crippen molar-refractivity contribution >= 4 is 7.12 Å². The van der Waals surface area contributed by atoms with Gasteiger partial charge in [-0.2, -0.15) is 0 Å². The molecule has 2 atom stereocenters. The largest absolute Gasteiger partial charge is 0.451 e. The van der Waals surface area contributed by atoms with Crippen molar-refractivity contribution in [3.05, 3.63) is 0 Å². The van der Waals surface area contributed by atoms with Gasteiger partial charge in [0, 0.05) is 19.1 Å². The Hall–Kier alpha value is -0.135. The van der Waals surface area contributed by atoms with Gasteiger partial charge in [-0.1, -0.05) is 12.8 Å². The van der Waals surface area contributed by atoms with Crippen molar-refractivity contribution in [3.63, 3.8) is 0 Å². The van der Waals surface area contributed by atoms with E-state index in [1.807, 2.05) is 5.01 Å². The molecular formula is C9H22BN3O2. The summed E-state index contributed by atoms with van der Waals surface area (Å²) >= 11 is 0. The predicted molar refractivity (Wildman–Crippen MR) is 60.7 cm³/mol. The standard InChI is InChI=1S/C9H22BN3O2/c11-9(3-1-2-5-10(14)15)8-4-6-13(12)7-8/h8-9,14-15H,1-7,11-12H2/t8-,9?/m1/s1. The van der Waals surface area contributed by atoms with Gasteiger partial charge in [0.2, 0.25) is 0 Å². The van der Waals surface area contributed by atoms with Crippen molar-refractivity contribution in [2.24, 2.45) is 17.5 Å². The first-order valence-electron chi connectivity index (χ1n) is 5.71.